The molecule has 2 aromatic rings. The van der Waals surface area contributed by atoms with Gasteiger partial charge in [-0.1, -0.05) is 0 Å². The van der Waals surface area contributed by atoms with Gasteiger partial charge in [0.25, 0.3) is 0 Å². The van der Waals surface area contributed by atoms with Crippen molar-refractivity contribution in [1.82, 2.24) is 0 Å². The molecule has 0 aliphatic heterocycles. The van der Waals surface area contributed by atoms with Crippen LogP contribution in [0.25, 0.3) is 0 Å². The number of furan rings is 1. The fourth-order valence-electron chi connectivity index (χ4n) is 1.87. The van der Waals surface area contributed by atoms with Gasteiger partial charge >= 0.3 is 0 Å². The van der Waals surface area contributed by atoms with E-state index in [2.05, 4.69) is 0 Å². The fourth-order valence-corrected chi connectivity index (χ4v) is 1.87. The molecule has 0 spiro atoms. The number of anilines is 1. The van der Waals surface area contributed by atoms with Crippen molar-refractivity contribution in [1.29, 1.82) is 5.26 Å². The van der Waals surface area contributed by atoms with Crippen LogP contribution in [0.1, 0.15) is 18.2 Å². The molecular formula is C14H12F2N2O. The molecule has 1 aromatic heterocycles. The van der Waals surface area contributed by atoms with Crippen molar-refractivity contribution in [3.05, 3.63) is 53.5 Å². The summed E-state index contributed by atoms with van der Waals surface area (Å²) in [6.07, 6.45) is 1.51. The first kappa shape index (κ1) is 13.1. The lowest BCUT2D eigenvalue weighted by atomic mass is 10.2. The predicted molar refractivity (Wildman–Crippen MR) is 66.5 cm³/mol. The summed E-state index contributed by atoms with van der Waals surface area (Å²) >= 11 is 0. The normalized spacial score (nSPS) is 10.2. The van der Waals surface area contributed by atoms with Crippen LogP contribution < -0.4 is 4.90 Å². The number of rotatable bonds is 4. The minimum atomic E-state index is -0.745. The zero-order valence-corrected chi connectivity index (χ0v) is 10.4. The molecule has 0 aliphatic rings. The summed E-state index contributed by atoms with van der Waals surface area (Å²) in [6, 6.07) is 7.24. The molecule has 1 heterocycles. The van der Waals surface area contributed by atoms with Crippen LogP contribution in [0.15, 0.2) is 34.9 Å². The summed E-state index contributed by atoms with van der Waals surface area (Å²) in [5, 5.41) is 8.67. The number of nitriles is 1. The van der Waals surface area contributed by atoms with E-state index < -0.39 is 11.6 Å². The number of hydrogen-bond donors (Lipinski definition) is 0. The molecule has 19 heavy (non-hydrogen) atoms. The molecule has 0 fully saturated rings. The van der Waals surface area contributed by atoms with E-state index in [1.54, 1.807) is 25.1 Å². The highest BCUT2D eigenvalue weighted by Gasteiger charge is 2.18. The molecular weight excluding hydrogens is 250 g/mol. The summed E-state index contributed by atoms with van der Waals surface area (Å²) in [6.45, 7) is 2.48. The van der Waals surface area contributed by atoms with Crippen LogP contribution in [0.3, 0.4) is 0 Å². The molecule has 0 amide bonds. The fraction of sp³-hybridized carbons (Fsp3) is 0.214. The molecule has 0 atom stereocenters. The van der Waals surface area contributed by atoms with Gasteiger partial charge < -0.3 is 9.32 Å². The Kier molecular flexibility index (Phi) is 3.81. The Morgan fingerprint density at radius 2 is 2.00 bits per heavy atom. The molecule has 0 bridgehead atoms. The predicted octanol–water partition coefficient (Wildman–Crippen LogP) is 3.46. The molecule has 2 rings (SSSR count). The summed E-state index contributed by atoms with van der Waals surface area (Å²) in [5.74, 6) is -0.875. The Morgan fingerprint density at radius 1 is 1.32 bits per heavy atom. The minimum absolute atomic E-state index is 0.0344. The van der Waals surface area contributed by atoms with Gasteiger partial charge in [-0.05, 0) is 31.2 Å². The molecule has 0 unspecified atom stereocenters. The Morgan fingerprint density at radius 3 is 2.47 bits per heavy atom. The lowest BCUT2D eigenvalue weighted by Gasteiger charge is -2.23. The average Bonchev–Trinajstić information content (AvgIpc) is 2.89. The van der Waals surface area contributed by atoms with Crippen LogP contribution in [0.5, 0.6) is 0 Å². The first-order chi connectivity index (χ1) is 9.15. The molecule has 98 valence electrons. The van der Waals surface area contributed by atoms with E-state index in [1.165, 1.54) is 11.2 Å². The van der Waals surface area contributed by atoms with E-state index in [4.69, 9.17) is 9.68 Å². The van der Waals surface area contributed by atoms with Crippen molar-refractivity contribution >= 4 is 5.69 Å². The van der Waals surface area contributed by atoms with Crippen molar-refractivity contribution < 1.29 is 13.2 Å². The van der Waals surface area contributed by atoms with Crippen molar-refractivity contribution in [2.75, 3.05) is 11.4 Å². The highest BCUT2D eigenvalue weighted by molar-refractivity contribution is 5.52. The van der Waals surface area contributed by atoms with Gasteiger partial charge in [0, 0.05) is 6.54 Å². The van der Waals surface area contributed by atoms with Gasteiger partial charge in [0.15, 0.2) is 11.6 Å². The van der Waals surface area contributed by atoms with Crippen molar-refractivity contribution in [2.45, 2.75) is 13.5 Å². The first-order valence-corrected chi connectivity index (χ1v) is 5.82. The van der Waals surface area contributed by atoms with E-state index in [0.29, 0.717) is 12.3 Å². The zero-order chi connectivity index (χ0) is 13.8. The van der Waals surface area contributed by atoms with Crippen LogP contribution in [0, 0.1) is 23.0 Å². The van der Waals surface area contributed by atoms with Crippen LogP contribution in [-0.4, -0.2) is 6.54 Å². The van der Waals surface area contributed by atoms with Gasteiger partial charge in [0.1, 0.15) is 11.4 Å². The van der Waals surface area contributed by atoms with E-state index in [-0.39, 0.29) is 17.8 Å². The third-order valence-corrected chi connectivity index (χ3v) is 2.77. The highest BCUT2D eigenvalue weighted by atomic mass is 19.1. The molecule has 0 saturated carbocycles. The SMILES string of the molecule is CCN(Cc1ccco1)c1c(F)cc(C#N)cc1F. The maximum absolute atomic E-state index is 13.9. The molecule has 0 saturated heterocycles. The van der Waals surface area contributed by atoms with Crippen LogP contribution >= 0.6 is 0 Å². The largest absolute Gasteiger partial charge is 0.467 e. The van der Waals surface area contributed by atoms with E-state index in [1.807, 2.05) is 0 Å². The standard InChI is InChI=1S/C14H12F2N2O/c1-2-18(9-11-4-3-5-19-11)14-12(15)6-10(8-17)7-13(14)16/h3-7H,2,9H2,1H3. The van der Waals surface area contributed by atoms with E-state index in [0.717, 1.165) is 12.1 Å². The van der Waals surface area contributed by atoms with Crippen LogP contribution in [0.2, 0.25) is 0 Å². The lowest BCUT2D eigenvalue weighted by Crippen LogP contribution is -2.24. The number of halogens is 2. The number of benzene rings is 1. The first-order valence-electron chi connectivity index (χ1n) is 5.82. The smallest absolute Gasteiger partial charge is 0.150 e. The number of hydrogen-bond acceptors (Lipinski definition) is 3. The van der Waals surface area contributed by atoms with Crippen molar-refractivity contribution in [3.8, 4) is 6.07 Å². The van der Waals surface area contributed by atoms with Crippen LogP contribution in [0.4, 0.5) is 14.5 Å². The second-order valence-electron chi connectivity index (χ2n) is 3.99. The maximum Gasteiger partial charge on any atom is 0.150 e. The zero-order valence-electron chi connectivity index (χ0n) is 10.4. The summed E-state index contributed by atoms with van der Waals surface area (Å²) < 4.78 is 33.0. The van der Waals surface area contributed by atoms with Crippen LogP contribution in [-0.2, 0) is 6.54 Å². The average molecular weight is 262 g/mol. The lowest BCUT2D eigenvalue weighted by molar-refractivity contribution is 0.497. The Hall–Kier alpha value is -2.35. The van der Waals surface area contributed by atoms with Gasteiger partial charge in [-0.3, -0.25) is 0 Å². The quantitative estimate of drug-likeness (QED) is 0.847. The van der Waals surface area contributed by atoms with Crippen molar-refractivity contribution in [3.63, 3.8) is 0 Å². The Labute approximate surface area is 109 Å². The molecule has 0 aliphatic carbocycles. The van der Waals surface area contributed by atoms with Gasteiger partial charge in [-0.15, -0.1) is 0 Å². The van der Waals surface area contributed by atoms with E-state index >= 15 is 0 Å². The Balaban J connectivity index is 2.36. The summed E-state index contributed by atoms with van der Waals surface area (Å²) in [5.41, 5.74) is -0.175. The third-order valence-electron chi connectivity index (χ3n) is 2.77. The van der Waals surface area contributed by atoms with Crippen molar-refractivity contribution in [2.24, 2.45) is 0 Å². The van der Waals surface area contributed by atoms with Gasteiger partial charge in [-0.25, -0.2) is 8.78 Å². The van der Waals surface area contributed by atoms with Gasteiger partial charge in [0.2, 0.25) is 0 Å². The third kappa shape index (κ3) is 2.74. The molecule has 0 radical (unpaired) electrons. The monoisotopic (exact) mass is 262 g/mol. The highest BCUT2D eigenvalue weighted by Crippen LogP contribution is 2.26. The summed E-state index contributed by atoms with van der Waals surface area (Å²) in [4.78, 5) is 1.52. The Bertz CT molecular complexity index is 579. The topological polar surface area (TPSA) is 40.2 Å². The maximum atomic E-state index is 13.9. The second kappa shape index (κ2) is 5.53. The molecule has 5 heteroatoms. The van der Waals surface area contributed by atoms with Gasteiger partial charge in [0.05, 0.1) is 24.4 Å². The molecule has 1 aromatic carbocycles. The minimum Gasteiger partial charge on any atom is -0.467 e. The summed E-state index contributed by atoms with van der Waals surface area (Å²) in [7, 11) is 0. The van der Waals surface area contributed by atoms with E-state index in [9.17, 15) is 8.78 Å². The second-order valence-corrected chi connectivity index (χ2v) is 3.99. The number of nitrogens with zero attached hydrogens (tertiary/aromatic N) is 2. The molecule has 3 nitrogen and oxygen atoms in total. The van der Waals surface area contributed by atoms with Gasteiger partial charge in [-0.2, -0.15) is 5.26 Å². The molecule has 0 N–H and O–H groups in total.